The molecule has 1 aliphatic heterocycles. The van der Waals surface area contributed by atoms with Crippen LogP contribution < -0.4 is 15.4 Å². The zero-order valence-electron chi connectivity index (χ0n) is 12.9. The van der Waals surface area contributed by atoms with Gasteiger partial charge in [0.15, 0.2) is 6.10 Å². The molecule has 1 aliphatic carbocycles. The smallest absolute Gasteiger partial charge is 0.265 e. The summed E-state index contributed by atoms with van der Waals surface area (Å²) in [7, 11) is 0. The van der Waals surface area contributed by atoms with Gasteiger partial charge >= 0.3 is 0 Å². The maximum absolute atomic E-state index is 12.1. The van der Waals surface area contributed by atoms with E-state index in [-0.39, 0.29) is 11.8 Å². The number of benzene rings is 1. The summed E-state index contributed by atoms with van der Waals surface area (Å²) >= 11 is 0. The molecule has 1 heterocycles. The fourth-order valence-electron chi connectivity index (χ4n) is 3.08. The Morgan fingerprint density at radius 1 is 1.32 bits per heavy atom. The van der Waals surface area contributed by atoms with Gasteiger partial charge in [-0.25, -0.2) is 0 Å². The predicted molar refractivity (Wildman–Crippen MR) is 83.9 cm³/mol. The van der Waals surface area contributed by atoms with Gasteiger partial charge in [0.25, 0.3) is 5.91 Å². The topological polar surface area (TPSA) is 67.4 Å². The minimum Gasteiger partial charge on any atom is -0.479 e. The lowest BCUT2D eigenvalue weighted by molar-refractivity contribution is -0.123. The monoisotopic (exact) mass is 302 g/mol. The fourth-order valence-corrected chi connectivity index (χ4v) is 3.08. The summed E-state index contributed by atoms with van der Waals surface area (Å²) in [6, 6.07) is 5.83. The quantitative estimate of drug-likeness (QED) is 0.901. The molecule has 2 N–H and O–H groups in total. The van der Waals surface area contributed by atoms with E-state index < -0.39 is 6.10 Å². The molecule has 0 saturated heterocycles. The van der Waals surface area contributed by atoms with Crippen LogP contribution in [0.5, 0.6) is 5.75 Å². The number of carbonyl (C=O) groups excluding carboxylic acids is 2. The Morgan fingerprint density at radius 3 is 2.86 bits per heavy atom. The third kappa shape index (κ3) is 3.40. The molecule has 1 saturated carbocycles. The maximum Gasteiger partial charge on any atom is 0.265 e. The molecule has 22 heavy (non-hydrogen) atoms. The van der Waals surface area contributed by atoms with Crippen molar-refractivity contribution >= 4 is 17.5 Å². The van der Waals surface area contributed by atoms with E-state index in [1.807, 2.05) is 18.2 Å². The van der Waals surface area contributed by atoms with E-state index in [1.54, 1.807) is 6.92 Å². The Kier molecular flexibility index (Phi) is 4.32. The van der Waals surface area contributed by atoms with Gasteiger partial charge in [0.2, 0.25) is 5.91 Å². The highest BCUT2D eigenvalue weighted by molar-refractivity contribution is 5.97. The number of hydrogen-bond donors (Lipinski definition) is 2. The normalized spacial score (nSPS) is 21.5. The van der Waals surface area contributed by atoms with Crippen LogP contribution in [0, 0.1) is 0 Å². The van der Waals surface area contributed by atoms with Crippen molar-refractivity contribution in [2.75, 3.05) is 5.32 Å². The number of hydrogen-bond acceptors (Lipinski definition) is 3. The standard InChI is InChI=1S/C17H22N2O3/c1-11-17(21)19-14-9-12(7-8-15(14)22-11)10-16(20)18-13-5-3-2-4-6-13/h7-9,11,13H,2-6,10H2,1H3,(H,18,20)(H,19,21). The Labute approximate surface area is 130 Å². The summed E-state index contributed by atoms with van der Waals surface area (Å²) in [5.74, 6) is 0.545. The molecular weight excluding hydrogens is 280 g/mol. The van der Waals surface area contributed by atoms with Gasteiger partial charge in [-0.05, 0) is 37.5 Å². The zero-order chi connectivity index (χ0) is 15.5. The van der Waals surface area contributed by atoms with Crippen molar-refractivity contribution in [1.82, 2.24) is 5.32 Å². The Hall–Kier alpha value is -2.04. The Morgan fingerprint density at radius 2 is 2.09 bits per heavy atom. The number of fused-ring (bicyclic) bond motifs is 1. The van der Waals surface area contributed by atoms with Crippen LogP contribution >= 0.6 is 0 Å². The van der Waals surface area contributed by atoms with Crippen LogP contribution in [-0.4, -0.2) is 24.0 Å². The molecule has 5 heteroatoms. The summed E-state index contributed by atoms with van der Waals surface area (Å²) < 4.78 is 5.51. The van der Waals surface area contributed by atoms with E-state index in [9.17, 15) is 9.59 Å². The highest BCUT2D eigenvalue weighted by atomic mass is 16.5. The van der Waals surface area contributed by atoms with E-state index in [1.165, 1.54) is 19.3 Å². The third-order valence-electron chi connectivity index (χ3n) is 4.31. The van der Waals surface area contributed by atoms with Gasteiger partial charge in [0.1, 0.15) is 5.75 Å². The highest BCUT2D eigenvalue weighted by Gasteiger charge is 2.24. The van der Waals surface area contributed by atoms with Gasteiger partial charge in [-0.15, -0.1) is 0 Å². The molecule has 1 fully saturated rings. The molecule has 1 aromatic carbocycles. The van der Waals surface area contributed by atoms with Gasteiger partial charge in [-0.2, -0.15) is 0 Å². The Bertz CT molecular complexity index is 579. The lowest BCUT2D eigenvalue weighted by Gasteiger charge is -2.24. The Balaban J connectivity index is 1.62. The second-order valence-electron chi connectivity index (χ2n) is 6.16. The zero-order valence-corrected chi connectivity index (χ0v) is 12.9. The summed E-state index contributed by atoms with van der Waals surface area (Å²) in [5.41, 5.74) is 1.52. The molecule has 0 aromatic heterocycles. The molecule has 5 nitrogen and oxygen atoms in total. The average Bonchev–Trinajstić information content (AvgIpc) is 2.49. The molecule has 3 rings (SSSR count). The van der Waals surface area contributed by atoms with Crippen molar-refractivity contribution in [2.45, 2.75) is 57.6 Å². The van der Waals surface area contributed by atoms with Crippen LogP contribution in [0.4, 0.5) is 5.69 Å². The van der Waals surface area contributed by atoms with Crippen molar-refractivity contribution in [3.63, 3.8) is 0 Å². The van der Waals surface area contributed by atoms with Crippen molar-refractivity contribution in [2.24, 2.45) is 0 Å². The minimum absolute atomic E-state index is 0.0447. The van der Waals surface area contributed by atoms with E-state index in [0.717, 1.165) is 18.4 Å². The van der Waals surface area contributed by atoms with Crippen LogP contribution in [0.3, 0.4) is 0 Å². The molecule has 0 bridgehead atoms. The largest absolute Gasteiger partial charge is 0.479 e. The molecule has 1 aromatic rings. The minimum atomic E-state index is -0.479. The van der Waals surface area contributed by atoms with Gasteiger partial charge < -0.3 is 15.4 Å². The summed E-state index contributed by atoms with van der Waals surface area (Å²) in [4.78, 5) is 23.8. The van der Waals surface area contributed by atoms with Gasteiger partial charge in [0.05, 0.1) is 12.1 Å². The van der Waals surface area contributed by atoms with Crippen LogP contribution in [0.1, 0.15) is 44.6 Å². The van der Waals surface area contributed by atoms with Gasteiger partial charge in [-0.3, -0.25) is 9.59 Å². The second-order valence-corrected chi connectivity index (χ2v) is 6.16. The maximum atomic E-state index is 12.1. The predicted octanol–water partition coefficient (Wildman–Crippen LogP) is 2.40. The van der Waals surface area contributed by atoms with Crippen LogP contribution in [0.2, 0.25) is 0 Å². The SMILES string of the molecule is CC1Oc2ccc(CC(=O)NC3CCCCC3)cc2NC1=O. The molecule has 0 spiro atoms. The fraction of sp³-hybridized carbons (Fsp3) is 0.529. The van der Waals surface area contributed by atoms with E-state index in [0.29, 0.717) is 23.9 Å². The van der Waals surface area contributed by atoms with E-state index in [2.05, 4.69) is 10.6 Å². The molecule has 2 aliphatic rings. The van der Waals surface area contributed by atoms with Crippen molar-refractivity contribution in [1.29, 1.82) is 0 Å². The first-order valence-corrected chi connectivity index (χ1v) is 8.01. The van der Waals surface area contributed by atoms with Crippen LogP contribution in [-0.2, 0) is 16.0 Å². The average molecular weight is 302 g/mol. The number of nitrogens with one attached hydrogen (secondary N) is 2. The first-order valence-electron chi connectivity index (χ1n) is 8.01. The lowest BCUT2D eigenvalue weighted by Crippen LogP contribution is -2.37. The number of amides is 2. The highest BCUT2D eigenvalue weighted by Crippen LogP contribution is 2.30. The third-order valence-corrected chi connectivity index (χ3v) is 4.31. The number of ether oxygens (including phenoxy) is 1. The first-order chi connectivity index (χ1) is 10.6. The molecule has 0 radical (unpaired) electrons. The number of rotatable bonds is 3. The van der Waals surface area contributed by atoms with Crippen LogP contribution in [0.25, 0.3) is 0 Å². The van der Waals surface area contributed by atoms with Crippen molar-refractivity contribution < 1.29 is 14.3 Å². The molecule has 1 unspecified atom stereocenters. The molecular formula is C17H22N2O3. The summed E-state index contributed by atoms with van der Waals surface area (Å²) in [5, 5.41) is 5.91. The summed E-state index contributed by atoms with van der Waals surface area (Å²) in [6.07, 6.45) is 5.68. The van der Waals surface area contributed by atoms with Crippen molar-refractivity contribution in [3.05, 3.63) is 23.8 Å². The van der Waals surface area contributed by atoms with Crippen molar-refractivity contribution in [3.8, 4) is 5.75 Å². The lowest BCUT2D eigenvalue weighted by atomic mass is 9.95. The summed E-state index contributed by atoms with van der Waals surface area (Å²) in [6.45, 7) is 1.71. The number of carbonyl (C=O) groups is 2. The second kappa shape index (κ2) is 6.38. The van der Waals surface area contributed by atoms with Crippen LogP contribution in [0.15, 0.2) is 18.2 Å². The number of anilines is 1. The van der Waals surface area contributed by atoms with Gasteiger partial charge in [0, 0.05) is 6.04 Å². The molecule has 2 amide bonds. The van der Waals surface area contributed by atoms with E-state index >= 15 is 0 Å². The van der Waals surface area contributed by atoms with E-state index in [4.69, 9.17) is 4.74 Å². The first kappa shape index (κ1) is 14.9. The molecule has 1 atom stereocenters. The molecule has 118 valence electrons. The van der Waals surface area contributed by atoms with Gasteiger partial charge in [-0.1, -0.05) is 25.3 Å².